The molecule has 3 heterocycles. The van der Waals surface area contributed by atoms with E-state index >= 15 is 0 Å². The molecule has 3 amide bonds. The Balaban J connectivity index is 1.40. The van der Waals surface area contributed by atoms with Gasteiger partial charge in [0.2, 0.25) is 17.7 Å². The van der Waals surface area contributed by atoms with Crippen LogP contribution in [0.2, 0.25) is 0 Å². The summed E-state index contributed by atoms with van der Waals surface area (Å²) in [5.41, 5.74) is 0.998. The summed E-state index contributed by atoms with van der Waals surface area (Å²) >= 11 is 1.91. The first-order valence-corrected chi connectivity index (χ1v) is 15.1. The summed E-state index contributed by atoms with van der Waals surface area (Å²) in [6.07, 6.45) is -4.59. The summed E-state index contributed by atoms with van der Waals surface area (Å²) < 4.78 is 46.4. The minimum absolute atomic E-state index is 0.0770. The summed E-state index contributed by atoms with van der Waals surface area (Å²) in [5.74, 6) is -2.70. The first-order chi connectivity index (χ1) is 21.0. The van der Waals surface area contributed by atoms with E-state index in [9.17, 15) is 32.3 Å². The maximum absolute atomic E-state index is 14.0. The lowest BCUT2D eigenvalue weighted by molar-refractivity contribution is -0.137. The number of anilines is 2. The predicted molar refractivity (Wildman–Crippen MR) is 160 cm³/mol. The molecule has 1 saturated heterocycles. The van der Waals surface area contributed by atoms with Crippen LogP contribution in [0.5, 0.6) is 5.75 Å². The molecule has 44 heavy (non-hydrogen) atoms. The second-order valence-electron chi connectivity index (χ2n) is 10.4. The summed E-state index contributed by atoms with van der Waals surface area (Å²) in [6.45, 7) is 1.39. The lowest BCUT2D eigenvalue weighted by Crippen LogP contribution is -2.33. The van der Waals surface area contributed by atoms with E-state index in [4.69, 9.17) is 4.74 Å². The van der Waals surface area contributed by atoms with Crippen molar-refractivity contribution >= 4 is 52.2 Å². The van der Waals surface area contributed by atoms with Gasteiger partial charge in [0.1, 0.15) is 17.5 Å². The van der Waals surface area contributed by atoms with Gasteiger partial charge in [0, 0.05) is 22.0 Å². The van der Waals surface area contributed by atoms with Crippen LogP contribution in [0.1, 0.15) is 27.5 Å². The highest BCUT2D eigenvalue weighted by Crippen LogP contribution is 2.55. The van der Waals surface area contributed by atoms with Gasteiger partial charge in [-0.25, -0.2) is 4.90 Å². The number of hydrogen-bond donors (Lipinski definition) is 1. The number of amides is 3. The van der Waals surface area contributed by atoms with Crippen molar-refractivity contribution in [2.45, 2.75) is 35.8 Å². The number of rotatable bonds is 6. The summed E-state index contributed by atoms with van der Waals surface area (Å²) in [6, 6.07) is 18.3. The zero-order valence-corrected chi connectivity index (χ0v) is 24.9. The minimum atomic E-state index is -4.59. The maximum Gasteiger partial charge on any atom is 0.416 e. The quantitative estimate of drug-likeness (QED) is 0.273. The Kier molecular flexibility index (Phi) is 7.62. The van der Waals surface area contributed by atoms with E-state index in [1.807, 2.05) is 6.92 Å². The number of methoxy groups -OCH3 is 1. The Morgan fingerprint density at radius 3 is 2.41 bits per heavy atom. The van der Waals surface area contributed by atoms with Gasteiger partial charge >= 0.3 is 11.0 Å². The Hall–Kier alpha value is -4.36. The van der Waals surface area contributed by atoms with E-state index in [-0.39, 0.29) is 5.69 Å². The van der Waals surface area contributed by atoms with E-state index in [2.05, 4.69) is 5.32 Å². The number of thioether (sulfide) groups is 1. The molecule has 0 bridgehead atoms. The highest BCUT2D eigenvalue weighted by Gasteiger charge is 2.57. The van der Waals surface area contributed by atoms with Crippen molar-refractivity contribution in [1.29, 1.82) is 0 Å². The smallest absolute Gasteiger partial charge is 0.416 e. The average Bonchev–Trinajstić information content (AvgIpc) is 3.43. The zero-order valence-electron chi connectivity index (χ0n) is 23.3. The summed E-state index contributed by atoms with van der Waals surface area (Å²) in [4.78, 5) is 55.4. The fourth-order valence-corrected chi connectivity index (χ4v) is 8.34. The van der Waals surface area contributed by atoms with Gasteiger partial charge in [-0.3, -0.25) is 23.7 Å². The third-order valence-corrected chi connectivity index (χ3v) is 10.2. The first kappa shape index (κ1) is 29.7. The van der Waals surface area contributed by atoms with Gasteiger partial charge in [-0.2, -0.15) is 13.2 Å². The minimum Gasteiger partial charge on any atom is -0.496 e. The van der Waals surface area contributed by atoms with Gasteiger partial charge in [0.05, 0.1) is 29.3 Å². The van der Waals surface area contributed by atoms with E-state index in [0.29, 0.717) is 26.9 Å². The largest absolute Gasteiger partial charge is 0.496 e. The van der Waals surface area contributed by atoms with Crippen LogP contribution in [0.25, 0.3) is 0 Å². The van der Waals surface area contributed by atoms with Crippen LogP contribution in [-0.2, 0) is 27.1 Å². The van der Waals surface area contributed by atoms with Crippen LogP contribution >= 0.6 is 23.1 Å². The monoisotopic (exact) mass is 639 g/mol. The fraction of sp³-hybridized carbons (Fsp3) is 0.226. The SMILES string of the molecule is COc1ccccc1C1c2sc(=O)n(CC(=O)Nc3cccc(C(F)(F)F)c3)c2SC2C(=O)N(c3ccc(C)cc3)C(=O)C21. The number of fused-ring (bicyclic) bond motifs is 2. The second-order valence-corrected chi connectivity index (χ2v) is 12.5. The number of nitrogens with one attached hydrogen (secondary N) is 1. The number of aryl methyl sites for hydroxylation is 1. The molecule has 1 fully saturated rings. The van der Waals surface area contributed by atoms with Crippen LogP contribution in [-0.4, -0.2) is 34.6 Å². The normalized spacial score (nSPS) is 19.5. The number of halogens is 3. The number of thiazole rings is 1. The van der Waals surface area contributed by atoms with Crippen LogP contribution in [0, 0.1) is 12.8 Å². The predicted octanol–water partition coefficient (Wildman–Crippen LogP) is 5.68. The Labute approximate surface area is 257 Å². The van der Waals surface area contributed by atoms with Gasteiger partial charge in [-0.1, -0.05) is 65.1 Å². The molecule has 8 nitrogen and oxygen atoms in total. The number of imide groups is 1. The number of carbonyl (C=O) groups excluding carboxylic acids is 3. The number of para-hydroxylation sites is 1. The molecule has 0 radical (unpaired) electrons. The van der Waals surface area contributed by atoms with Gasteiger partial charge in [-0.05, 0) is 43.3 Å². The number of hydrogen-bond acceptors (Lipinski definition) is 7. The van der Waals surface area contributed by atoms with Crippen molar-refractivity contribution < 1.29 is 32.3 Å². The maximum atomic E-state index is 14.0. The van der Waals surface area contributed by atoms with Gasteiger partial charge in [0.25, 0.3) is 0 Å². The second kappa shape index (κ2) is 11.3. The molecule has 226 valence electrons. The lowest BCUT2D eigenvalue weighted by atomic mass is 9.82. The molecule has 1 N–H and O–H groups in total. The number of aromatic nitrogens is 1. The first-order valence-electron chi connectivity index (χ1n) is 13.4. The van der Waals surface area contributed by atoms with Gasteiger partial charge in [-0.15, -0.1) is 0 Å². The molecule has 2 aliphatic heterocycles. The molecule has 6 rings (SSSR count). The van der Waals surface area contributed by atoms with Crippen LogP contribution < -0.4 is 19.8 Å². The molecule has 3 aromatic carbocycles. The molecular weight excluding hydrogens is 615 g/mol. The molecule has 1 aromatic heterocycles. The van der Waals surface area contributed by atoms with Crippen LogP contribution in [0.15, 0.2) is 82.6 Å². The van der Waals surface area contributed by atoms with Crippen molar-refractivity contribution in [2.24, 2.45) is 5.92 Å². The molecule has 3 unspecified atom stereocenters. The van der Waals surface area contributed by atoms with E-state index in [1.165, 1.54) is 28.7 Å². The number of benzene rings is 3. The van der Waals surface area contributed by atoms with Gasteiger partial charge < -0.3 is 10.1 Å². The number of carbonyl (C=O) groups is 3. The van der Waals surface area contributed by atoms with E-state index < -0.39 is 58.0 Å². The molecule has 0 spiro atoms. The number of nitrogens with zero attached hydrogens (tertiary/aromatic N) is 2. The Morgan fingerprint density at radius 1 is 0.977 bits per heavy atom. The van der Waals surface area contributed by atoms with Crippen molar-refractivity contribution in [3.05, 3.63) is 104 Å². The summed E-state index contributed by atoms with van der Waals surface area (Å²) in [5, 5.41) is 1.88. The van der Waals surface area contributed by atoms with Crippen LogP contribution in [0.4, 0.5) is 24.5 Å². The third-order valence-electron chi connectivity index (χ3n) is 7.59. The zero-order chi connectivity index (χ0) is 31.3. The van der Waals surface area contributed by atoms with Crippen molar-refractivity contribution in [3.63, 3.8) is 0 Å². The molecule has 2 aliphatic rings. The van der Waals surface area contributed by atoms with Gasteiger partial charge in [0.15, 0.2) is 0 Å². The lowest BCUT2D eigenvalue weighted by Gasteiger charge is -2.31. The molecule has 0 aliphatic carbocycles. The number of ether oxygens (including phenoxy) is 1. The molecule has 0 saturated carbocycles. The van der Waals surface area contributed by atoms with Crippen LogP contribution in [0.3, 0.4) is 0 Å². The fourth-order valence-electron chi connectivity index (χ4n) is 5.58. The third kappa shape index (κ3) is 5.19. The van der Waals surface area contributed by atoms with E-state index in [1.54, 1.807) is 48.5 Å². The Morgan fingerprint density at radius 2 is 1.70 bits per heavy atom. The standard InChI is InChI=1S/C31H24F3N3O5S2/c1-16-10-12-19(13-11-16)37-27(39)24-23(20-8-3-4-9-21(20)42-2)26-29(43-25(24)28(37)40)36(30(41)44-26)15-22(38)35-18-7-5-6-17(14-18)31(32,33)34/h3-14,23-25H,15H2,1-2H3,(H,35,38). The van der Waals surface area contributed by atoms with E-state index in [0.717, 1.165) is 40.8 Å². The molecular formula is C31H24F3N3O5S2. The Bertz CT molecular complexity index is 1850. The van der Waals surface area contributed by atoms with Crippen molar-refractivity contribution in [1.82, 2.24) is 4.57 Å². The molecule has 3 atom stereocenters. The summed E-state index contributed by atoms with van der Waals surface area (Å²) in [7, 11) is 1.49. The van der Waals surface area contributed by atoms with Crippen molar-refractivity contribution in [2.75, 3.05) is 17.3 Å². The highest BCUT2D eigenvalue weighted by atomic mass is 32.2. The molecule has 4 aromatic rings. The number of alkyl halides is 3. The topological polar surface area (TPSA) is 97.7 Å². The van der Waals surface area contributed by atoms with Crippen molar-refractivity contribution in [3.8, 4) is 5.75 Å². The molecule has 13 heteroatoms. The highest BCUT2D eigenvalue weighted by molar-refractivity contribution is 8.00. The average molecular weight is 640 g/mol.